The Balaban J connectivity index is 1.51. The summed E-state index contributed by atoms with van der Waals surface area (Å²) in [5.41, 5.74) is -3.09. The zero-order valence-electron chi connectivity index (χ0n) is 19.6. The Hall–Kier alpha value is -3.17. The van der Waals surface area contributed by atoms with Gasteiger partial charge < -0.3 is 20.5 Å². The Morgan fingerprint density at radius 2 is 1.92 bits per heavy atom. The molecule has 13 heteroatoms. The first-order valence-corrected chi connectivity index (χ1v) is 11.5. The van der Waals surface area contributed by atoms with Crippen molar-refractivity contribution < 1.29 is 36.3 Å². The van der Waals surface area contributed by atoms with Crippen LogP contribution in [0.15, 0.2) is 12.1 Å². The van der Waals surface area contributed by atoms with Crippen LogP contribution in [0.4, 0.5) is 22.0 Å². The molecule has 4 rings (SSSR count). The molecule has 3 heterocycles. The molecule has 3 fully saturated rings. The number of aromatic nitrogens is 1. The number of hydrogen-bond donors (Lipinski definition) is 3. The summed E-state index contributed by atoms with van der Waals surface area (Å²) in [6.45, 7) is 3.42. The molecule has 3 aliphatic rings. The molecule has 3 N–H and O–H groups in total. The van der Waals surface area contributed by atoms with E-state index in [0.717, 1.165) is 11.0 Å². The minimum absolute atomic E-state index is 0.0208. The van der Waals surface area contributed by atoms with Gasteiger partial charge in [-0.1, -0.05) is 0 Å². The zero-order valence-corrected chi connectivity index (χ0v) is 19.6. The molecule has 1 aromatic heterocycles. The first-order chi connectivity index (χ1) is 16.5. The summed E-state index contributed by atoms with van der Waals surface area (Å²) >= 11 is 0. The van der Waals surface area contributed by atoms with Crippen LogP contribution >= 0.6 is 0 Å². The van der Waals surface area contributed by atoms with Gasteiger partial charge in [0, 0.05) is 36.3 Å². The molecule has 0 aromatic carbocycles. The SMILES string of the molecule is CC1(C)C[C@@H](C[C@@H](C#N)NC(=O)[C@@H]2CC3(CN2C(=O)c2ccc(C(F)(F)F)[nH]2)CC(F)(F)C3)C(=O)N1. The second-order valence-electron chi connectivity index (χ2n) is 10.8. The van der Waals surface area contributed by atoms with Crippen molar-refractivity contribution in [3.8, 4) is 6.07 Å². The number of H-pyrrole nitrogens is 1. The van der Waals surface area contributed by atoms with Crippen LogP contribution in [-0.2, 0) is 15.8 Å². The van der Waals surface area contributed by atoms with Crippen LogP contribution in [0.5, 0.6) is 0 Å². The largest absolute Gasteiger partial charge is 0.431 e. The predicted molar refractivity (Wildman–Crippen MR) is 114 cm³/mol. The second-order valence-corrected chi connectivity index (χ2v) is 10.8. The number of nitrogens with zero attached hydrogens (tertiary/aromatic N) is 2. The Labute approximate surface area is 203 Å². The molecule has 36 heavy (non-hydrogen) atoms. The number of halogens is 5. The van der Waals surface area contributed by atoms with Crippen molar-refractivity contribution >= 4 is 17.7 Å². The third-order valence-corrected chi connectivity index (χ3v) is 7.14. The van der Waals surface area contributed by atoms with E-state index in [9.17, 15) is 41.6 Å². The van der Waals surface area contributed by atoms with Crippen LogP contribution in [0, 0.1) is 22.7 Å². The lowest BCUT2D eigenvalue weighted by Crippen LogP contribution is -2.49. The summed E-state index contributed by atoms with van der Waals surface area (Å²) in [6, 6.07) is 1.20. The maximum Gasteiger partial charge on any atom is 0.431 e. The van der Waals surface area contributed by atoms with Gasteiger partial charge in [0.05, 0.1) is 6.07 Å². The number of carbonyl (C=O) groups is 3. The first kappa shape index (κ1) is 25.9. The second kappa shape index (κ2) is 8.45. The number of hydrogen-bond acceptors (Lipinski definition) is 4. The minimum atomic E-state index is -4.72. The summed E-state index contributed by atoms with van der Waals surface area (Å²) in [4.78, 5) is 41.4. The van der Waals surface area contributed by atoms with Gasteiger partial charge in [0.25, 0.3) is 5.91 Å². The molecule has 1 aromatic rings. The van der Waals surface area contributed by atoms with Gasteiger partial charge in [0.1, 0.15) is 23.5 Å². The summed E-state index contributed by atoms with van der Waals surface area (Å²) in [6.07, 6.45) is -5.47. The lowest BCUT2D eigenvalue weighted by Gasteiger charge is -2.44. The number of amides is 3. The molecule has 3 amide bonds. The Morgan fingerprint density at radius 1 is 1.25 bits per heavy atom. The number of alkyl halides is 5. The fraction of sp³-hybridized carbons (Fsp3) is 0.652. The van der Waals surface area contributed by atoms with Crippen molar-refractivity contribution in [3.05, 3.63) is 23.5 Å². The average molecular weight is 515 g/mol. The van der Waals surface area contributed by atoms with Gasteiger partial charge in [-0.15, -0.1) is 0 Å². The molecule has 2 aliphatic heterocycles. The molecular weight excluding hydrogens is 489 g/mol. The topological polar surface area (TPSA) is 118 Å². The third-order valence-electron chi connectivity index (χ3n) is 7.14. The average Bonchev–Trinajstić information content (AvgIpc) is 3.42. The number of rotatable bonds is 5. The van der Waals surface area contributed by atoms with Gasteiger partial charge in [-0.3, -0.25) is 14.4 Å². The highest BCUT2D eigenvalue weighted by molar-refractivity contribution is 5.97. The number of nitriles is 1. The highest BCUT2D eigenvalue weighted by Gasteiger charge is 2.62. The van der Waals surface area contributed by atoms with E-state index in [1.807, 2.05) is 24.9 Å². The van der Waals surface area contributed by atoms with Gasteiger partial charge in [-0.25, -0.2) is 8.78 Å². The van der Waals surface area contributed by atoms with Crippen molar-refractivity contribution in [2.45, 2.75) is 75.7 Å². The fourth-order valence-corrected chi connectivity index (χ4v) is 5.73. The molecule has 0 unspecified atom stereocenters. The summed E-state index contributed by atoms with van der Waals surface area (Å²) in [5, 5.41) is 14.9. The van der Waals surface area contributed by atoms with E-state index >= 15 is 0 Å². The number of aromatic amines is 1. The monoisotopic (exact) mass is 515 g/mol. The molecular formula is C23H26F5N5O3. The van der Waals surface area contributed by atoms with Crippen LogP contribution in [-0.4, -0.2) is 57.7 Å². The molecule has 1 spiro atoms. The number of nitrogens with one attached hydrogen (secondary N) is 3. The van der Waals surface area contributed by atoms with Gasteiger partial charge in [0.15, 0.2) is 0 Å². The lowest BCUT2D eigenvalue weighted by molar-refractivity contribution is -0.155. The van der Waals surface area contributed by atoms with Crippen molar-refractivity contribution in [1.82, 2.24) is 20.5 Å². The standard InChI is InChI=1S/C23H26F5N5O3/c1-20(2)6-12(17(34)32-20)5-13(8-29)30-18(35)15-7-21(9-22(24,25)10-21)11-33(15)19(36)14-3-4-16(31-14)23(26,27)28/h3-4,12-13,15,31H,5-7,9-11H2,1-2H3,(H,30,35)(H,32,34)/t12-,13+,15+/m1/s1. The molecule has 2 saturated heterocycles. The zero-order chi connectivity index (χ0) is 26.7. The van der Waals surface area contributed by atoms with Crippen LogP contribution in [0.2, 0.25) is 0 Å². The maximum absolute atomic E-state index is 13.7. The minimum Gasteiger partial charge on any atom is -0.351 e. The normalized spacial score (nSPS) is 26.7. The molecule has 1 saturated carbocycles. The first-order valence-electron chi connectivity index (χ1n) is 11.5. The van der Waals surface area contributed by atoms with E-state index in [1.54, 1.807) is 0 Å². The van der Waals surface area contributed by atoms with Crippen molar-refractivity contribution in [1.29, 1.82) is 5.26 Å². The Bertz CT molecular complexity index is 1110. The Kier molecular flexibility index (Phi) is 6.08. The van der Waals surface area contributed by atoms with Gasteiger partial charge in [-0.05, 0) is 45.2 Å². The molecule has 196 valence electrons. The van der Waals surface area contributed by atoms with Crippen LogP contribution < -0.4 is 10.6 Å². The molecule has 8 nitrogen and oxygen atoms in total. The molecule has 0 bridgehead atoms. The summed E-state index contributed by atoms with van der Waals surface area (Å²) in [5.74, 6) is -5.43. The van der Waals surface area contributed by atoms with E-state index in [-0.39, 0.29) is 25.3 Å². The highest BCUT2D eigenvalue weighted by atomic mass is 19.4. The van der Waals surface area contributed by atoms with E-state index in [1.165, 1.54) is 0 Å². The molecule has 3 atom stereocenters. The van der Waals surface area contributed by atoms with E-state index in [4.69, 9.17) is 0 Å². The maximum atomic E-state index is 13.7. The van der Waals surface area contributed by atoms with Crippen LogP contribution in [0.1, 0.15) is 62.1 Å². The summed E-state index contributed by atoms with van der Waals surface area (Å²) in [7, 11) is 0. The van der Waals surface area contributed by atoms with Gasteiger partial charge in [0.2, 0.25) is 17.7 Å². The number of likely N-dealkylation sites (tertiary alicyclic amines) is 1. The fourth-order valence-electron chi connectivity index (χ4n) is 5.73. The number of carbonyl (C=O) groups excluding carboxylic acids is 3. The van der Waals surface area contributed by atoms with E-state index in [0.29, 0.717) is 12.5 Å². The van der Waals surface area contributed by atoms with Crippen molar-refractivity contribution in [2.24, 2.45) is 11.3 Å². The molecule has 0 radical (unpaired) electrons. The smallest absolute Gasteiger partial charge is 0.351 e. The van der Waals surface area contributed by atoms with Gasteiger partial charge >= 0.3 is 6.18 Å². The quantitative estimate of drug-likeness (QED) is 0.523. The Morgan fingerprint density at radius 3 is 2.42 bits per heavy atom. The summed E-state index contributed by atoms with van der Waals surface area (Å²) < 4.78 is 66.4. The predicted octanol–water partition coefficient (Wildman–Crippen LogP) is 2.98. The van der Waals surface area contributed by atoms with E-state index < -0.39 is 77.1 Å². The van der Waals surface area contributed by atoms with E-state index in [2.05, 4.69) is 10.6 Å². The van der Waals surface area contributed by atoms with Crippen molar-refractivity contribution in [3.63, 3.8) is 0 Å². The molecule has 1 aliphatic carbocycles. The van der Waals surface area contributed by atoms with Crippen LogP contribution in [0.3, 0.4) is 0 Å². The van der Waals surface area contributed by atoms with Crippen molar-refractivity contribution in [2.75, 3.05) is 6.54 Å². The highest BCUT2D eigenvalue weighted by Crippen LogP contribution is 2.58. The van der Waals surface area contributed by atoms with Crippen LogP contribution in [0.25, 0.3) is 0 Å². The third kappa shape index (κ3) is 5.03. The lowest BCUT2D eigenvalue weighted by atomic mass is 9.65. The van der Waals surface area contributed by atoms with Gasteiger partial charge in [-0.2, -0.15) is 18.4 Å².